The van der Waals surface area contributed by atoms with Crippen LogP contribution in [0.5, 0.6) is 0 Å². The smallest absolute Gasteiger partial charge is 0.324 e. The molecule has 0 aromatic carbocycles. The molecule has 0 bridgehead atoms. The van der Waals surface area contributed by atoms with E-state index in [1.807, 2.05) is 4.72 Å². The average molecular weight is 329 g/mol. The molecule has 1 aromatic rings. The molecule has 96 valence electrons. The van der Waals surface area contributed by atoms with Crippen LogP contribution in [-0.4, -0.2) is 52.2 Å². The highest BCUT2D eigenvalue weighted by atomic mass is 79.9. The van der Waals surface area contributed by atoms with Gasteiger partial charge in [0.1, 0.15) is 6.04 Å². The van der Waals surface area contributed by atoms with Crippen LogP contribution in [0.15, 0.2) is 9.63 Å². The van der Waals surface area contributed by atoms with Crippen LogP contribution in [-0.2, 0) is 21.9 Å². The first-order valence-electron chi connectivity index (χ1n) is 4.20. The highest BCUT2D eigenvalue weighted by Crippen LogP contribution is 2.17. The first-order valence-corrected chi connectivity index (χ1v) is 6.48. The fraction of sp³-hybridized carbons (Fsp3) is 0.500. The van der Waals surface area contributed by atoms with Crippen molar-refractivity contribution in [3.63, 3.8) is 0 Å². The predicted molar refractivity (Wildman–Crippen MR) is 57.5 cm³/mol. The summed E-state index contributed by atoms with van der Waals surface area (Å²) >= 11 is 2.88. The minimum Gasteiger partial charge on any atom is -0.480 e. The number of carbonyl (C=O) groups is 1. The van der Waals surface area contributed by atoms with E-state index in [0.717, 1.165) is 4.68 Å². The zero-order chi connectivity index (χ0) is 13.2. The molecule has 1 atom stereocenters. The maximum absolute atomic E-state index is 11.8. The monoisotopic (exact) mass is 328 g/mol. The van der Waals surface area contributed by atoms with Crippen molar-refractivity contribution in [2.75, 3.05) is 6.61 Å². The van der Waals surface area contributed by atoms with Gasteiger partial charge in [0.05, 0.1) is 6.61 Å². The number of aryl methyl sites for hydroxylation is 1. The van der Waals surface area contributed by atoms with E-state index >= 15 is 0 Å². The molecule has 0 spiro atoms. The van der Waals surface area contributed by atoms with Crippen LogP contribution < -0.4 is 4.72 Å². The van der Waals surface area contributed by atoms with Crippen molar-refractivity contribution in [1.29, 1.82) is 0 Å². The molecule has 0 saturated heterocycles. The van der Waals surface area contributed by atoms with E-state index in [1.54, 1.807) is 0 Å². The van der Waals surface area contributed by atoms with Crippen LogP contribution in [0.1, 0.15) is 0 Å². The van der Waals surface area contributed by atoms with Crippen molar-refractivity contribution in [2.24, 2.45) is 7.05 Å². The lowest BCUT2D eigenvalue weighted by Crippen LogP contribution is -2.43. The summed E-state index contributed by atoms with van der Waals surface area (Å²) in [7, 11) is -2.80. The van der Waals surface area contributed by atoms with Gasteiger partial charge in [-0.05, 0) is 15.9 Å². The molecule has 0 fully saturated rings. The summed E-state index contributed by atoms with van der Waals surface area (Å²) in [5.74, 6) is -1.48. The molecule has 0 aliphatic rings. The van der Waals surface area contributed by atoms with E-state index in [9.17, 15) is 13.2 Å². The number of aliphatic hydroxyl groups is 1. The third-order valence-corrected chi connectivity index (χ3v) is 4.13. The number of hydrogen-bond donors (Lipinski definition) is 3. The van der Waals surface area contributed by atoms with Gasteiger partial charge in [0.15, 0.2) is 4.60 Å². The molecule has 0 amide bonds. The summed E-state index contributed by atoms with van der Waals surface area (Å²) < 4.78 is 26.3. The van der Waals surface area contributed by atoms with Crippen LogP contribution in [0.2, 0.25) is 0 Å². The van der Waals surface area contributed by atoms with Crippen molar-refractivity contribution < 1.29 is 23.4 Å². The predicted octanol–water partition coefficient (Wildman–Crippen LogP) is -1.70. The third-order valence-electron chi connectivity index (χ3n) is 1.77. The molecule has 0 saturated carbocycles. The minimum absolute atomic E-state index is 0.0467. The molecule has 0 aliphatic carbocycles. The molecule has 1 unspecified atom stereocenters. The standard InChI is InChI=1S/C6H9BrN4O5S/c1-11-5(4(7)8-10-11)17(15,16)9-3(2-12)6(13)14/h3,9,12H,2H2,1H3,(H,13,14). The normalized spacial score (nSPS) is 13.6. The largest absolute Gasteiger partial charge is 0.480 e. The molecule has 11 heteroatoms. The van der Waals surface area contributed by atoms with Gasteiger partial charge in [0, 0.05) is 7.05 Å². The van der Waals surface area contributed by atoms with Crippen molar-refractivity contribution in [3.05, 3.63) is 4.60 Å². The number of nitrogens with zero attached hydrogens (tertiary/aromatic N) is 3. The first-order chi connectivity index (χ1) is 7.79. The van der Waals surface area contributed by atoms with Crippen molar-refractivity contribution in [3.8, 4) is 0 Å². The van der Waals surface area contributed by atoms with Gasteiger partial charge >= 0.3 is 5.97 Å². The Hall–Kier alpha value is -1.04. The Labute approximate surface area is 105 Å². The molecule has 1 heterocycles. The van der Waals surface area contributed by atoms with Crippen molar-refractivity contribution >= 4 is 31.9 Å². The number of aliphatic hydroxyl groups excluding tert-OH is 1. The lowest BCUT2D eigenvalue weighted by molar-refractivity contribution is -0.139. The molecule has 3 N–H and O–H groups in total. The second-order valence-corrected chi connectivity index (χ2v) is 5.38. The zero-order valence-electron chi connectivity index (χ0n) is 8.53. The number of sulfonamides is 1. The van der Waals surface area contributed by atoms with Gasteiger partial charge in [-0.2, -0.15) is 4.72 Å². The van der Waals surface area contributed by atoms with Gasteiger partial charge in [-0.15, -0.1) is 5.10 Å². The fourth-order valence-corrected chi connectivity index (χ4v) is 3.29. The van der Waals surface area contributed by atoms with Crippen molar-refractivity contribution in [1.82, 2.24) is 19.7 Å². The van der Waals surface area contributed by atoms with Gasteiger partial charge in [-0.25, -0.2) is 13.1 Å². The number of nitrogens with one attached hydrogen (secondary N) is 1. The minimum atomic E-state index is -4.13. The van der Waals surface area contributed by atoms with Crippen LogP contribution in [0.4, 0.5) is 0 Å². The number of hydrogen-bond acceptors (Lipinski definition) is 6. The Bertz CT molecular complexity index is 507. The van der Waals surface area contributed by atoms with Gasteiger partial charge in [0.2, 0.25) is 5.03 Å². The molecule has 0 aliphatic heterocycles. The van der Waals surface area contributed by atoms with Crippen LogP contribution in [0, 0.1) is 0 Å². The molecular weight excluding hydrogens is 320 g/mol. The molecule has 1 aromatic heterocycles. The third kappa shape index (κ3) is 3.00. The lowest BCUT2D eigenvalue weighted by Gasteiger charge is -2.11. The molecular formula is C6H9BrN4O5S. The van der Waals surface area contributed by atoms with E-state index in [0.29, 0.717) is 0 Å². The van der Waals surface area contributed by atoms with E-state index in [4.69, 9.17) is 10.2 Å². The Morgan fingerprint density at radius 2 is 2.24 bits per heavy atom. The van der Waals surface area contributed by atoms with Gasteiger partial charge < -0.3 is 10.2 Å². The highest BCUT2D eigenvalue weighted by Gasteiger charge is 2.29. The number of aliphatic carboxylic acids is 1. The van der Waals surface area contributed by atoms with Gasteiger partial charge in [0.25, 0.3) is 10.0 Å². The van der Waals surface area contributed by atoms with Crippen LogP contribution in [0.3, 0.4) is 0 Å². The van der Waals surface area contributed by atoms with E-state index in [1.165, 1.54) is 7.05 Å². The Balaban J connectivity index is 3.09. The summed E-state index contributed by atoms with van der Waals surface area (Å²) in [4.78, 5) is 10.6. The second-order valence-electron chi connectivity index (χ2n) is 3.00. The SMILES string of the molecule is Cn1nnc(Br)c1S(=O)(=O)NC(CO)C(=O)O. The van der Waals surface area contributed by atoms with Crippen molar-refractivity contribution in [2.45, 2.75) is 11.1 Å². The summed E-state index contributed by atoms with van der Waals surface area (Å²) in [5.41, 5.74) is 0. The molecule has 17 heavy (non-hydrogen) atoms. The Kier molecular flexibility index (Phi) is 4.19. The van der Waals surface area contributed by atoms with E-state index in [2.05, 4.69) is 26.2 Å². The Morgan fingerprint density at radius 1 is 1.65 bits per heavy atom. The molecule has 9 nitrogen and oxygen atoms in total. The summed E-state index contributed by atoms with van der Waals surface area (Å²) in [6, 6.07) is -1.62. The quantitative estimate of drug-likeness (QED) is 0.586. The first kappa shape index (κ1) is 14.0. The van der Waals surface area contributed by atoms with Crippen LogP contribution in [0.25, 0.3) is 0 Å². The number of halogens is 1. The summed E-state index contributed by atoms with van der Waals surface area (Å²) in [6.07, 6.45) is 0. The number of aromatic nitrogens is 3. The average Bonchev–Trinajstić information content (AvgIpc) is 2.55. The maximum atomic E-state index is 11.8. The summed E-state index contributed by atoms with van der Waals surface area (Å²) in [6.45, 7) is -0.864. The van der Waals surface area contributed by atoms with Crippen LogP contribution >= 0.6 is 15.9 Å². The second kappa shape index (κ2) is 5.08. The highest BCUT2D eigenvalue weighted by molar-refractivity contribution is 9.10. The molecule has 1 rings (SSSR count). The van der Waals surface area contributed by atoms with Gasteiger partial charge in [-0.1, -0.05) is 5.21 Å². The molecule has 0 radical (unpaired) electrons. The van der Waals surface area contributed by atoms with Gasteiger partial charge in [-0.3, -0.25) is 4.79 Å². The fourth-order valence-electron chi connectivity index (χ4n) is 1.02. The maximum Gasteiger partial charge on any atom is 0.324 e. The number of carboxylic acids is 1. The lowest BCUT2D eigenvalue weighted by atomic mass is 10.3. The summed E-state index contributed by atoms with van der Waals surface area (Å²) in [5, 5.41) is 24.0. The van der Waals surface area contributed by atoms with E-state index in [-0.39, 0.29) is 9.63 Å². The topological polar surface area (TPSA) is 134 Å². The van der Waals surface area contributed by atoms with E-state index < -0.39 is 28.6 Å². The number of rotatable bonds is 5. The Morgan fingerprint density at radius 3 is 2.59 bits per heavy atom. The number of carboxylic acid groups (broad SMARTS) is 1. The zero-order valence-corrected chi connectivity index (χ0v) is 10.9.